The van der Waals surface area contributed by atoms with Crippen molar-refractivity contribution in [3.8, 4) is 0 Å². The van der Waals surface area contributed by atoms with E-state index in [1.54, 1.807) is 0 Å². The molecule has 0 aliphatic heterocycles. The second kappa shape index (κ2) is 5.82. The van der Waals surface area contributed by atoms with Gasteiger partial charge in [0, 0.05) is 0 Å². The molecule has 0 amide bonds. The molecule has 0 aliphatic carbocycles. The first-order chi connectivity index (χ1) is 6.77. The first-order valence-electron chi connectivity index (χ1n) is 5.54. The lowest BCUT2D eigenvalue weighted by molar-refractivity contribution is 0.164. The van der Waals surface area contributed by atoms with E-state index >= 15 is 0 Å². The maximum atomic E-state index is 9.82. The number of aryl methyl sites for hydroxylation is 1. The Balaban J connectivity index is 2.57. The molecule has 1 aromatic rings. The molecule has 0 radical (unpaired) electrons. The van der Waals surface area contributed by atoms with Crippen LogP contribution in [0.1, 0.15) is 50.3 Å². The molecule has 0 heterocycles. The number of benzene rings is 1. The van der Waals surface area contributed by atoms with Crippen LogP contribution in [0.25, 0.3) is 0 Å². The van der Waals surface area contributed by atoms with E-state index in [2.05, 4.69) is 26.0 Å². The number of aliphatic hydroxyl groups excluding tert-OH is 1. The van der Waals surface area contributed by atoms with Crippen LogP contribution in [0.5, 0.6) is 0 Å². The molecular weight excluding hydrogens is 172 g/mol. The van der Waals surface area contributed by atoms with Crippen LogP contribution in [0.15, 0.2) is 24.3 Å². The van der Waals surface area contributed by atoms with Crippen LogP contribution in [-0.2, 0) is 6.42 Å². The SMILES string of the molecule is CCCCC(O)c1ccc(CC)cc1. The van der Waals surface area contributed by atoms with Crippen LogP contribution in [-0.4, -0.2) is 5.11 Å². The van der Waals surface area contributed by atoms with Gasteiger partial charge < -0.3 is 5.11 Å². The predicted molar refractivity (Wildman–Crippen MR) is 60.3 cm³/mol. The van der Waals surface area contributed by atoms with Crippen molar-refractivity contribution in [1.82, 2.24) is 0 Å². The summed E-state index contributed by atoms with van der Waals surface area (Å²) in [5.74, 6) is 0. The van der Waals surface area contributed by atoms with Crippen LogP contribution in [0, 0.1) is 0 Å². The van der Waals surface area contributed by atoms with E-state index in [1.165, 1.54) is 5.56 Å². The second-order valence-corrected chi connectivity index (χ2v) is 3.75. The molecule has 0 saturated heterocycles. The van der Waals surface area contributed by atoms with E-state index in [0.29, 0.717) is 0 Å². The molecule has 1 atom stereocenters. The van der Waals surface area contributed by atoms with Gasteiger partial charge >= 0.3 is 0 Å². The number of unbranched alkanes of at least 4 members (excludes halogenated alkanes) is 1. The number of hydrogen-bond acceptors (Lipinski definition) is 1. The van der Waals surface area contributed by atoms with Crippen LogP contribution in [0.4, 0.5) is 0 Å². The number of aliphatic hydroxyl groups is 1. The Labute approximate surface area is 86.8 Å². The highest BCUT2D eigenvalue weighted by Crippen LogP contribution is 2.19. The lowest BCUT2D eigenvalue weighted by Gasteiger charge is -2.10. The van der Waals surface area contributed by atoms with Gasteiger partial charge in [0.05, 0.1) is 6.10 Å². The largest absolute Gasteiger partial charge is 0.388 e. The lowest BCUT2D eigenvalue weighted by atomic mass is 10.0. The zero-order valence-corrected chi connectivity index (χ0v) is 9.16. The molecule has 0 aliphatic rings. The van der Waals surface area contributed by atoms with Crippen LogP contribution >= 0.6 is 0 Å². The summed E-state index contributed by atoms with van der Waals surface area (Å²) in [5.41, 5.74) is 2.38. The van der Waals surface area contributed by atoms with Crippen molar-refractivity contribution in [2.24, 2.45) is 0 Å². The molecule has 0 bridgehead atoms. The van der Waals surface area contributed by atoms with E-state index in [4.69, 9.17) is 0 Å². The molecule has 1 unspecified atom stereocenters. The highest BCUT2D eigenvalue weighted by molar-refractivity contribution is 5.23. The Morgan fingerprint density at radius 2 is 1.79 bits per heavy atom. The predicted octanol–water partition coefficient (Wildman–Crippen LogP) is 3.47. The molecule has 1 aromatic carbocycles. The minimum absolute atomic E-state index is 0.277. The van der Waals surface area contributed by atoms with E-state index in [1.807, 2.05) is 12.1 Å². The summed E-state index contributed by atoms with van der Waals surface area (Å²) in [5, 5.41) is 9.82. The maximum absolute atomic E-state index is 9.82. The fourth-order valence-electron chi connectivity index (χ4n) is 1.54. The third-order valence-corrected chi connectivity index (χ3v) is 2.60. The fourth-order valence-corrected chi connectivity index (χ4v) is 1.54. The van der Waals surface area contributed by atoms with Crippen molar-refractivity contribution in [2.75, 3.05) is 0 Å². The van der Waals surface area contributed by atoms with Crippen molar-refractivity contribution in [3.63, 3.8) is 0 Å². The molecule has 0 spiro atoms. The van der Waals surface area contributed by atoms with Gasteiger partial charge in [0.2, 0.25) is 0 Å². The van der Waals surface area contributed by atoms with Crippen LogP contribution in [0.2, 0.25) is 0 Å². The Bertz CT molecular complexity index is 250. The molecule has 1 rings (SSSR count). The van der Waals surface area contributed by atoms with Gasteiger partial charge in [-0.25, -0.2) is 0 Å². The smallest absolute Gasteiger partial charge is 0.0790 e. The molecule has 0 aromatic heterocycles. The molecule has 0 saturated carbocycles. The molecule has 0 fully saturated rings. The summed E-state index contributed by atoms with van der Waals surface area (Å²) >= 11 is 0. The monoisotopic (exact) mass is 192 g/mol. The summed E-state index contributed by atoms with van der Waals surface area (Å²) in [6, 6.07) is 8.29. The van der Waals surface area contributed by atoms with Gasteiger partial charge in [0.1, 0.15) is 0 Å². The summed E-state index contributed by atoms with van der Waals surface area (Å²) in [6.07, 6.45) is 3.90. The van der Waals surface area contributed by atoms with E-state index in [-0.39, 0.29) is 6.10 Å². The molecule has 14 heavy (non-hydrogen) atoms. The van der Waals surface area contributed by atoms with Crippen molar-refractivity contribution in [1.29, 1.82) is 0 Å². The highest BCUT2D eigenvalue weighted by Gasteiger charge is 2.05. The van der Waals surface area contributed by atoms with Crippen molar-refractivity contribution in [2.45, 2.75) is 45.6 Å². The van der Waals surface area contributed by atoms with E-state index in [0.717, 1.165) is 31.2 Å². The van der Waals surface area contributed by atoms with Crippen molar-refractivity contribution in [3.05, 3.63) is 35.4 Å². The van der Waals surface area contributed by atoms with Crippen molar-refractivity contribution < 1.29 is 5.11 Å². The average Bonchev–Trinajstić information content (AvgIpc) is 2.26. The van der Waals surface area contributed by atoms with E-state index in [9.17, 15) is 5.11 Å². The Morgan fingerprint density at radius 3 is 2.29 bits per heavy atom. The summed E-state index contributed by atoms with van der Waals surface area (Å²) in [6.45, 7) is 4.29. The molecule has 1 nitrogen and oxygen atoms in total. The first kappa shape index (κ1) is 11.3. The van der Waals surface area contributed by atoms with Gasteiger partial charge in [-0.15, -0.1) is 0 Å². The van der Waals surface area contributed by atoms with Gasteiger partial charge in [-0.1, -0.05) is 51.0 Å². The highest BCUT2D eigenvalue weighted by atomic mass is 16.3. The van der Waals surface area contributed by atoms with E-state index < -0.39 is 0 Å². The molecule has 1 N–H and O–H groups in total. The third-order valence-electron chi connectivity index (χ3n) is 2.60. The standard InChI is InChI=1S/C13H20O/c1-3-5-6-13(14)12-9-7-11(4-2)8-10-12/h7-10,13-14H,3-6H2,1-2H3. The number of hydrogen-bond donors (Lipinski definition) is 1. The molecule has 78 valence electrons. The Kier molecular flexibility index (Phi) is 4.68. The average molecular weight is 192 g/mol. The normalized spacial score (nSPS) is 12.8. The van der Waals surface area contributed by atoms with Gasteiger partial charge in [-0.05, 0) is 24.0 Å². The summed E-state index contributed by atoms with van der Waals surface area (Å²) in [7, 11) is 0. The minimum atomic E-state index is -0.277. The minimum Gasteiger partial charge on any atom is -0.388 e. The second-order valence-electron chi connectivity index (χ2n) is 3.75. The topological polar surface area (TPSA) is 20.2 Å². The lowest BCUT2D eigenvalue weighted by Crippen LogP contribution is -1.97. The summed E-state index contributed by atoms with van der Waals surface area (Å²) < 4.78 is 0. The van der Waals surface area contributed by atoms with Gasteiger partial charge in [0.25, 0.3) is 0 Å². The van der Waals surface area contributed by atoms with Crippen LogP contribution < -0.4 is 0 Å². The Morgan fingerprint density at radius 1 is 1.14 bits per heavy atom. The zero-order chi connectivity index (χ0) is 10.4. The maximum Gasteiger partial charge on any atom is 0.0790 e. The third kappa shape index (κ3) is 3.15. The summed E-state index contributed by atoms with van der Waals surface area (Å²) in [4.78, 5) is 0. The fraction of sp³-hybridized carbons (Fsp3) is 0.538. The zero-order valence-electron chi connectivity index (χ0n) is 9.16. The molecule has 1 heteroatoms. The number of rotatable bonds is 5. The Hall–Kier alpha value is -0.820. The van der Waals surface area contributed by atoms with Gasteiger partial charge in [0.15, 0.2) is 0 Å². The van der Waals surface area contributed by atoms with Crippen LogP contribution in [0.3, 0.4) is 0 Å². The molecular formula is C13H20O. The van der Waals surface area contributed by atoms with Gasteiger partial charge in [-0.2, -0.15) is 0 Å². The quantitative estimate of drug-likeness (QED) is 0.757. The van der Waals surface area contributed by atoms with Gasteiger partial charge in [-0.3, -0.25) is 0 Å². The van der Waals surface area contributed by atoms with Crippen molar-refractivity contribution >= 4 is 0 Å². The first-order valence-corrected chi connectivity index (χ1v) is 5.54.